The van der Waals surface area contributed by atoms with Crippen LogP contribution in [0.3, 0.4) is 0 Å². The lowest BCUT2D eigenvalue weighted by Crippen LogP contribution is -2.39. The van der Waals surface area contributed by atoms with Crippen molar-refractivity contribution in [1.29, 1.82) is 0 Å². The number of piperidine rings is 1. The fraction of sp³-hybridized carbons (Fsp3) is 0.273. The number of rotatable bonds is 4. The maximum Gasteiger partial charge on any atom is 0.306 e. The van der Waals surface area contributed by atoms with Gasteiger partial charge in [0.1, 0.15) is 0 Å². The molecule has 1 aliphatic heterocycles. The molecule has 4 rings (SSSR count). The summed E-state index contributed by atoms with van der Waals surface area (Å²) in [6, 6.07) is 19.2. The zero-order valence-corrected chi connectivity index (χ0v) is 14.6. The third-order valence-corrected chi connectivity index (χ3v) is 5.34. The van der Waals surface area contributed by atoms with Crippen molar-refractivity contribution in [2.45, 2.75) is 18.9 Å². The summed E-state index contributed by atoms with van der Waals surface area (Å²) < 4.78 is 0. The second-order valence-corrected chi connectivity index (χ2v) is 6.94. The molecular weight excluding hydrogens is 324 g/mol. The summed E-state index contributed by atoms with van der Waals surface area (Å²) in [7, 11) is 0. The van der Waals surface area contributed by atoms with E-state index in [4.69, 9.17) is 0 Å². The fourth-order valence-corrected chi connectivity index (χ4v) is 3.93. The Kier molecular flexibility index (Phi) is 4.67. The highest BCUT2D eigenvalue weighted by atomic mass is 16.4. The molecule has 1 saturated heterocycles. The molecule has 1 aliphatic rings. The Morgan fingerprint density at radius 2 is 1.77 bits per heavy atom. The Morgan fingerprint density at radius 3 is 2.50 bits per heavy atom. The molecule has 0 amide bonds. The van der Waals surface area contributed by atoms with Crippen LogP contribution in [0.15, 0.2) is 67.0 Å². The van der Waals surface area contributed by atoms with Gasteiger partial charge in [-0.1, -0.05) is 42.5 Å². The number of hydrogen-bond donors (Lipinski definition) is 1. The normalized spacial score (nSPS) is 17.2. The molecule has 1 fully saturated rings. The molecule has 4 nitrogen and oxygen atoms in total. The molecule has 1 unspecified atom stereocenters. The number of nitrogens with zero attached hydrogens (tertiary/aromatic N) is 2. The van der Waals surface area contributed by atoms with Crippen molar-refractivity contribution in [3.63, 3.8) is 0 Å². The van der Waals surface area contributed by atoms with Gasteiger partial charge in [-0.2, -0.15) is 0 Å². The van der Waals surface area contributed by atoms with Gasteiger partial charge in [-0.05, 0) is 54.6 Å². The monoisotopic (exact) mass is 346 g/mol. The van der Waals surface area contributed by atoms with Gasteiger partial charge in [-0.25, -0.2) is 0 Å². The van der Waals surface area contributed by atoms with Crippen LogP contribution in [0.2, 0.25) is 0 Å². The lowest BCUT2D eigenvalue weighted by atomic mass is 9.90. The van der Waals surface area contributed by atoms with Gasteiger partial charge in [0, 0.05) is 17.8 Å². The Balaban J connectivity index is 1.70. The Morgan fingerprint density at radius 1 is 1.00 bits per heavy atom. The molecule has 1 aromatic heterocycles. The number of carboxylic acids is 1. The van der Waals surface area contributed by atoms with Crippen LogP contribution < -0.4 is 0 Å². The summed E-state index contributed by atoms with van der Waals surface area (Å²) >= 11 is 0. The number of likely N-dealkylation sites (tertiary alicyclic amines) is 1. The number of fused-ring (bicyclic) bond motifs is 1. The second kappa shape index (κ2) is 7.26. The molecule has 0 aliphatic carbocycles. The number of pyridine rings is 1. The molecule has 2 heterocycles. The van der Waals surface area contributed by atoms with E-state index < -0.39 is 5.97 Å². The quantitative estimate of drug-likeness (QED) is 0.772. The van der Waals surface area contributed by atoms with Crippen LogP contribution in [0.5, 0.6) is 0 Å². The molecule has 0 radical (unpaired) electrons. The first-order valence-electron chi connectivity index (χ1n) is 9.08. The summed E-state index contributed by atoms with van der Waals surface area (Å²) in [6.45, 7) is 1.59. The Bertz CT molecular complexity index is 902. The third kappa shape index (κ3) is 3.33. The lowest BCUT2D eigenvalue weighted by Gasteiger charge is -2.37. The minimum absolute atomic E-state index is 0.142. The average Bonchev–Trinajstić information content (AvgIpc) is 2.69. The highest BCUT2D eigenvalue weighted by Gasteiger charge is 2.30. The van der Waals surface area contributed by atoms with Crippen LogP contribution in [-0.2, 0) is 4.79 Å². The molecule has 1 N–H and O–H groups in total. The molecule has 0 spiro atoms. The molecular formula is C22H22N2O2. The van der Waals surface area contributed by atoms with Crippen LogP contribution in [0.25, 0.3) is 10.8 Å². The van der Waals surface area contributed by atoms with Crippen LogP contribution in [0.1, 0.15) is 30.0 Å². The first-order valence-corrected chi connectivity index (χ1v) is 9.08. The van der Waals surface area contributed by atoms with Gasteiger partial charge in [0.25, 0.3) is 0 Å². The van der Waals surface area contributed by atoms with Gasteiger partial charge in [-0.15, -0.1) is 0 Å². The largest absolute Gasteiger partial charge is 0.481 e. The number of carboxylic acid groups (broad SMARTS) is 1. The van der Waals surface area contributed by atoms with Crippen molar-refractivity contribution >= 4 is 16.7 Å². The van der Waals surface area contributed by atoms with Crippen molar-refractivity contribution in [3.8, 4) is 0 Å². The Hall–Kier alpha value is -2.72. The van der Waals surface area contributed by atoms with Gasteiger partial charge >= 0.3 is 5.97 Å². The molecule has 0 saturated carbocycles. The van der Waals surface area contributed by atoms with E-state index in [0.29, 0.717) is 12.8 Å². The fourth-order valence-electron chi connectivity index (χ4n) is 3.93. The number of carbonyl (C=O) groups is 1. The Labute approximate surface area is 153 Å². The lowest BCUT2D eigenvalue weighted by molar-refractivity contribution is -0.143. The van der Waals surface area contributed by atoms with E-state index >= 15 is 0 Å². The summed E-state index contributed by atoms with van der Waals surface area (Å²) in [6.07, 6.45) is 5.11. The highest BCUT2D eigenvalue weighted by molar-refractivity contribution is 5.82. The zero-order chi connectivity index (χ0) is 17.9. The van der Waals surface area contributed by atoms with Crippen LogP contribution in [0, 0.1) is 5.92 Å². The minimum Gasteiger partial charge on any atom is -0.481 e. The molecule has 132 valence electrons. The van der Waals surface area contributed by atoms with Gasteiger partial charge in [0.2, 0.25) is 0 Å². The number of hydrogen-bond acceptors (Lipinski definition) is 3. The van der Waals surface area contributed by atoms with Gasteiger partial charge in [0.15, 0.2) is 0 Å². The van der Waals surface area contributed by atoms with Crippen LogP contribution in [-0.4, -0.2) is 34.0 Å². The van der Waals surface area contributed by atoms with Crippen molar-refractivity contribution in [3.05, 3.63) is 78.1 Å². The van der Waals surface area contributed by atoms with E-state index in [9.17, 15) is 9.90 Å². The van der Waals surface area contributed by atoms with E-state index in [2.05, 4.69) is 52.3 Å². The summed E-state index contributed by atoms with van der Waals surface area (Å²) in [5, 5.41) is 11.6. The predicted octanol–water partition coefficient (Wildman–Crippen LogP) is 4.12. The molecule has 26 heavy (non-hydrogen) atoms. The minimum atomic E-state index is -0.667. The number of benzene rings is 2. The van der Waals surface area contributed by atoms with Gasteiger partial charge < -0.3 is 5.11 Å². The van der Waals surface area contributed by atoms with E-state index in [0.717, 1.165) is 18.5 Å². The zero-order valence-electron chi connectivity index (χ0n) is 14.6. The number of aromatic nitrogens is 1. The summed E-state index contributed by atoms with van der Waals surface area (Å²) in [5.41, 5.74) is 2.48. The molecule has 4 heteroatoms. The highest BCUT2D eigenvalue weighted by Crippen LogP contribution is 2.33. The van der Waals surface area contributed by atoms with Gasteiger partial charge in [-0.3, -0.25) is 14.7 Å². The van der Waals surface area contributed by atoms with Crippen LogP contribution >= 0.6 is 0 Å². The first-order chi connectivity index (χ1) is 12.7. The maximum atomic E-state index is 11.3. The van der Waals surface area contributed by atoms with E-state index in [1.807, 2.05) is 24.5 Å². The van der Waals surface area contributed by atoms with E-state index in [1.165, 1.54) is 16.5 Å². The standard InChI is InChI=1S/C22H22N2O2/c25-22(26)17-9-12-24(13-10-17)21(16-4-2-1-3-5-16)19-6-7-20-15-23-11-8-18(20)14-19/h1-8,11,14-15,17,21H,9-10,12-13H2,(H,25,26). The van der Waals surface area contributed by atoms with Crippen molar-refractivity contribution < 1.29 is 9.90 Å². The summed E-state index contributed by atoms with van der Waals surface area (Å²) in [5.74, 6) is -0.885. The van der Waals surface area contributed by atoms with E-state index in [1.54, 1.807) is 0 Å². The topological polar surface area (TPSA) is 53.4 Å². The predicted molar refractivity (Wildman–Crippen MR) is 102 cm³/mol. The van der Waals surface area contributed by atoms with Crippen molar-refractivity contribution in [1.82, 2.24) is 9.88 Å². The van der Waals surface area contributed by atoms with Gasteiger partial charge in [0.05, 0.1) is 12.0 Å². The first kappa shape index (κ1) is 16.7. The summed E-state index contributed by atoms with van der Waals surface area (Å²) in [4.78, 5) is 17.9. The molecule has 1 atom stereocenters. The van der Waals surface area contributed by atoms with Crippen molar-refractivity contribution in [2.24, 2.45) is 5.92 Å². The molecule has 2 aromatic carbocycles. The number of aliphatic carboxylic acids is 1. The molecule has 3 aromatic rings. The SMILES string of the molecule is O=C(O)C1CCN(C(c2ccccc2)c2ccc3cnccc3c2)CC1. The smallest absolute Gasteiger partial charge is 0.306 e. The third-order valence-electron chi connectivity index (χ3n) is 5.34. The van der Waals surface area contributed by atoms with Crippen LogP contribution in [0.4, 0.5) is 0 Å². The van der Waals surface area contributed by atoms with E-state index in [-0.39, 0.29) is 12.0 Å². The maximum absolute atomic E-state index is 11.3. The average molecular weight is 346 g/mol. The second-order valence-electron chi connectivity index (χ2n) is 6.94. The molecule has 0 bridgehead atoms. The van der Waals surface area contributed by atoms with Crippen molar-refractivity contribution in [2.75, 3.05) is 13.1 Å².